The van der Waals surface area contributed by atoms with Crippen molar-refractivity contribution in [2.24, 2.45) is 0 Å². The van der Waals surface area contributed by atoms with E-state index in [0.29, 0.717) is 0 Å². The van der Waals surface area contributed by atoms with E-state index in [1.54, 1.807) is 0 Å². The third kappa shape index (κ3) is 3.76. The zero-order chi connectivity index (χ0) is 13.1. The maximum atomic E-state index is 11.9. The number of rotatable bonds is 3. The highest BCUT2D eigenvalue weighted by Crippen LogP contribution is 2.21. The molecule has 0 aliphatic heterocycles. The lowest BCUT2D eigenvalue weighted by atomic mass is 10.2. The Labute approximate surface area is 96.3 Å². The van der Waals surface area contributed by atoms with Gasteiger partial charge in [-0.3, -0.25) is 4.18 Å². The number of terminal acetylenes is 1. The van der Waals surface area contributed by atoms with Gasteiger partial charge in [0, 0.05) is 5.56 Å². The zero-order valence-electron chi connectivity index (χ0n) is 8.36. The summed E-state index contributed by atoms with van der Waals surface area (Å²) in [4.78, 5) is -0.452. The van der Waals surface area contributed by atoms with Crippen molar-refractivity contribution in [2.45, 2.75) is 11.1 Å². The minimum absolute atomic E-state index is 0.0466. The van der Waals surface area contributed by atoms with Crippen molar-refractivity contribution < 1.29 is 25.8 Å². The topological polar surface area (TPSA) is 43.4 Å². The predicted octanol–water partition coefficient (Wildman–Crippen LogP) is 1.94. The van der Waals surface area contributed by atoms with Crippen LogP contribution in [0.4, 0.5) is 13.2 Å². The first-order valence-corrected chi connectivity index (χ1v) is 5.69. The quantitative estimate of drug-likeness (QED) is 0.619. The Balaban J connectivity index is 3.03. The minimum atomic E-state index is -4.72. The highest BCUT2D eigenvalue weighted by atomic mass is 32.2. The normalized spacial score (nSPS) is 12.1. The van der Waals surface area contributed by atoms with Crippen molar-refractivity contribution >= 4 is 10.1 Å². The summed E-state index contributed by atoms with van der Waals surface area (Å²) >= 11 is 0. The molecule has 0 saturated heterocycles. The summed E-state index contributed by atoms with van der Waals surface area (Å²) < 4.78 is 62.3. The van der Waals surface area contributed by atoms with Gasteiger partial charge in [-0.05, 0) is 12.1 Å². The van der Waals surface area contributed by atoms with Crippen LogP contribution in [-0.4, -0.2) is 21.2 Å². The summed E-state index contributed by atoms with van der Waals surface area (Å²) in [5, 5.41) is 0. The molecule has 7 heteroatoms. The summed E-state index contributed by atoms with van der Waals surface area (Å²) in [6.07, 6.45) is 0.313. The summed E-state index contributed by atoms with van der Waals surface area (Å²) in [5.41, 5.74) is -0.0466. The van der Waals surface area contributed by atoms with Gasteiger partial charge in [-0.15, -0.1) is 6.42 Å². The van der Waals surface area contributed by atoms with Gasteiger partial charge >= 0.3 is 6.18 Å². The van der Waals surface area contributed by atoms with E-state index in [4.69, 9.17) is 6.42 Å². The fourth-order valence-electron chi connectivity index (χ4n) is 1.01. The van der Waals surface area contributed by atoms with Crippen molar-refractivity contribution in [2.75, 3.05) is 6.61 Å². The van der Waals surface area contributed by atoms with E-state index in [9.17, 15) is 21.6 Å². The van der Waals surface area contributed by atoms with E-state index >= 15 is 0 Å². The van der Waals surface area contributed by atoms with Gasteiger partial charge in [-0.1, -0.05) is 18.1 Å². The fraction of sp³-hybridized carbons (Fsp3) is 0.200. The molecule has 3 nitrogen and oxygen atoms in total. The van der Waals surface area contributed by atoms with Crippen LogP contribution in [0.1, 0.15) is 5.56 Å². The smallest absolute Gasteiger partial charge is 0.257 e. The number of hydrogen-bond donors (Lipinski definition) is 0. The molecule has 1 aromatic rings. The molecule has 0 aliphatic rings. The Bertz CT molecular complexity index is 541. The van der Waals surface area contributed by atoms with E-state index in [1.165, 1.54) is 18.2 Å². The standard InChI is InChI=1S/C10H7F3O3S/c1-2-8-5-3-4-6-9(8)17(14,15)16-7-10(11,12)13/h1,3-6H,7H2. The van der Waals surface area contributed by atoms with E-state index in [1.807, 2.05) is 0 Å². The van der Waals surface area contributed by atoms with E-state index in [0.717, 1.165) is 6.07 Å². The van der Waals surface area contributed by atoms with Gasteiger partial charge in [0.05, 0.1) is 0 Å². The molecule has 92 valence electrons. The molecular weight excluding hydrogens is 257 g/mol. The van der Waals surface area contributed by atoms with Crippen LogP contribution in [0.5, 0.6) is 0 Å². The maximum absolute atomic E-state index is 11.9. The summed E-state index contributed by atoms with van der Waals surface area (Å²) in [7, 11) is -4.50. The van der Waals surface area contributed by atoms with Crippen LogP contribution < -0.4 is 0 Å². The molecule has 0 unspecified atom stereocenters. The Morgan fingerprint density at radius 2 is 1.88 bits per heavy atom. The molecule has 1 aromatic carbocycles. The van der Waals surface area contributed by atoms with Gasteiger partial charge in [0.15, 0.2) is 6.61 Å². The predicted molar refractivity (Wildman–Crippen MR) is 53.6 cm³/mol. The molecule has 0 fully saturated rings. The second-order valence-corrected chi connectivity index (χ2v) is 4.56. The van der Waals surface area contributed by atoms with Gasteiger partial charge in [0.2, 0.25) is 0 Å². The van der Waals surface area contributed by atoms with Gasteiger partial charge in [0.25, 0.3) is 10.1 Å². The number of hydrogen-bond acceptors (Lipinski definition) is 3. The van der Waals surface area contributed by atoms with E-state index in [2.05, 4.69) is 10.1 Å². The van der Waals surface area contributed by atoms with Crippen LogP contribution >= 0.6 is 0 Å². The van der Waals surface area contributed by atoms with Gasteiger partial charge in [0.1, 0.15) is 4.90 Å². The van der Waals surface area contributed by atoms with Gasteiger partial charge < -0.3 is 0 Å². The fourth-order valence-corrected chi connectivity index (χ4v) is 2.07. The largest absolute Gasteiger partial charge is 0.413 e. The molecule has 0 radical (unpaired) electrons. The first kappa shape index (κ1) is 13.5. The Morgan fingerprint density at radius 1 is 1.29 bits per heavy atom. The highest BCUT2D eigenvalue weighted by Gasteiger charge is 2.32. The van der Waals surface area contributed by atoms with Crippen molar-refractivity contribution in [3.05, 3.63) is 29.8 Å². The van der Waals surface area contributed by atoms with Crippen molar-refractivity contribution in [3.8, 4) is 12.3 Å². The number of benzene rings is 1. The lowest BCUT2D eigenvalue weighted by molar-refractivity contribution is -0.152. The molecule has 0 aromatic heterocycles. The van der Waals surface area contributed by atoms with Crippen LogP contribution in [-0.2, 0) is 14.3 Å². The monoisotopic (exact) mass is 264 g/mol. The second kappa shape index (κ2) is 4.77. The molecular formula is C10H7F3O3S. The van der Waals surface area contributed by atoms with Crippen molar-refractivity contribution in [1.82, 2.24) is 0 Å². The molecule has 0 heterocycles. The summed E-state index contributed by atoms with van der Waals surface area (Å²) in [6, 6.07) is 5.19. The molecule has 1 rings (SSSR count). The molecule has 0 aliphatic carbocycles. The molecule has 0 amide bonds. The summed E-state index contributed by atoms with van der Waals surface area (Å²) in [6.45, 7) is -1.88. The Morgan fingerprint density at radius 3 is 2.41 bits per heavy atom. The lowest BCUT2D eigenvalue weighted by Crippen LogP contribution is -2.21. The maximum Gasteiger partial charge on any atom is 0.413 e. The average molecular weight is 264 g/mol. The SMILES string of the molecule is C#Cc1ccccc1S(=O)(=O)OCC(F)(F)F. The van der Waals surface area contributed by atoms with Crippen molar-refractivity contribution in [1.29, 1.82) is 0 Å². The molecule has 0 spiro atoms. The van der Waals surface area contributed by atoms with Crippen LogP contribution in [0.15, 0.2) is 29.2 Å². The van der Waals surface area contributed by atoms with Crippen LogP contribution in [0.2, 0.25) is 0 Å². The summed E-state index contributed by atoms with van der Waals surface area (Å²) in [5.74, 6) is 2.06. The van der Waals surface area contributed by atoms with Crippen molar-refractivity contribution in [3.63, 3.8) is 0 Å². The minimum Gasteiger partial charge on any atom is -0.257 e. The third-order valence-corrected chi connectivity index (χ3v) is 3.01. The first-order chi connectivity index (χ1) is 7.76. The third-order valence-electron chi connectivity index (χ3n) is 1.69. The second-order valence-electron chi connectivity index (χ2n) is 2.97. The highest BCUT2D eigenvalue weighted by molar-refractivity contribution is 7.86. The molecule has 17 heavy (non-hydrogen) atoms. The molecule has 0 bridgehead atoms. The van der Waals surface area contributed by atoms with Crippen LogP contribution in [0.3, 0.4) is 0 Å². The average Bonchev–Trinajstić information content (AvgIpc) is 2.26. The number of alkyl halides is 3. The van der Waals surface area contributed by atoms with Crippen LogP contribution in [0.25, 0.3) is 0 Å². The Kier molecular flexibility index (Phi) is 3.80. The lowest BCUT2D eigenvalue weighted by Gasteiger charge is -2.09. The van der Waals surface area contributed by atoms with Crippen LogP contribution in [0, 0.1) is 12.3 Å². The molecule has 0 N–H and O–H groups in total. The van der Waals surface area contributed by atoms with E-state index in [-0.39, 0.29) is 5.56 Å². The molecule has 0 atom stereocenters. The van der Waals surface area contributed by atoms with E-state index < -0.39 is 27.8 Å². The Hall–Kier alpha value is -1.52. The zero-order valence-corrected chi connectivity index (χ0v) is 9.18. The first-order valence-electron chi connectivity index (χ1n) is 4.28. The van der Waals surface area contributed by atoms with Gasteiger partial charge in [-0.25, -0.2) is 0 Å². The number of halogens is 3. The van der Waals surface area contributed by atoms with Gasteiger partial charge in [-0.2, -0.15) is 21.6 Å². The molecule has 0 saturated carbocycles.